The van der Waals surface area contributed by atoms with Crippen LogP contribution in [0.4, 0.5) is 0 Å². The monoisotopic (exact) mass is 291 g/mol. The molecule has 4 heteroatoms. The van der Waals surface area contributed by atoms with Crippen molar-refractivity contribution in [2.24, 2.45) is 5.92 Å². The number of carbonyl (C=O) groups excluding carboxylic acids is 1. The molecule has 0 unspecified atom stereocenters. The van der Waals surface area contributed by atoms with Crippen molar-refractivity contribution < 1.29 is 14.3 Å². The number of likely N-dealkylation sites (N-methyl/N-ethyl adjacent to an activating group) is 1. The van der Waals surface area contributed by atoms with Crippen molar-refractivity contribution in [1.82, 2.24) is 4.90 Å². The van der Waals surface area contributed by atoms with Crippen molar-refractivity contribution in [2.75, 3.05) is 33.9 Å². The second-order valence-electron chi connectivity index (χ2n) is 5.63. The summed E-state index contributed by atoms with van der Waals surface area (Å²) in [6.45, 7) is 2.48. The highest BCUT2D eigenvalue weighted by atomic mass is 16.5. The lowest BCUT2D eigenvalue weighted by Crippen LogP contribution is -2.34. The van der Waals surface area contributed by atoms with Crippen LogP contribution in [0.15, 0.2) is 30.3 Å². The van der Waals surface area contributed by atoms with Gasteiger partial charge in [0, 0.05) is 33.9 Å². The number of carbonyl (C=O) groups is 1. The van der Waals surface area contributed by atoms with Crippen LogP contribution in [0.1, 0.15) is 30.9 Å². The third kappa shape index (κ3) is 4.55. The normalized spacial score (nSPS) is 17.4. The van der Waals surface area contributed by atoms with Crippen molar-refractivity contribution in [1.29, 1.82) is 0 Å². The summed E-state index contributed by atoms with van der Waals surface area (Å²) < 4.78 is 10.8. The molecule has 116 valence electrons. The lowest BCUT2D eigenvalue weighted by atomic mass is 9.96. The van der Waals surface area contributed by atoms with Gasteiger partial charge >= 0.3 is 0 Å². The van der Waals surface area contributed by atoms with Crippen LogP contribution in [0.5, 0.6) is 0 Å². The predicted octanol–water partition coefficient (Wildman–Crippen LogP) is 2.65. The molecule has 1 amide bonds. The maximum Gasteiger partial charge on any atom is 0.256 e. The van der Waals surface area contributed by atoms with Gasteiger partial charge in [-0.15, -0.1) is 0 Å². The molecule has 1 saturated heterocycles. The molecule has 0 bridgehead atoms. The number of hydrogen-bond acceptors (Lipinski definition) is 3. The fourth-order valence-corrected chi connectivity index (χ4v) is 2.73. The average Bonchev–Trinajstić information content (AvgIpc) is 2.55. The smallest absolute Gasteiger partial charge is 0.256 e. The summed E-state index contributed by atoms with van der Waals surface area (Å²) in [6.07, 6.45) is 2.74. The maximum atomic E-state index is 12.5. The first kappa shape index (κ1) is 16.0. The van der Waals surface area contributed by atoms with Crippen molar-refractivity contribution in [3.63, 3.8) is 0 Å². The van der Waals surface area contributed by atoms with E-state index < -0.39 is 6.10 Å². The molecule has 1 fully saturated rings. The molecule has 1 aliphatic heterocycles. The molecule has 1 aromatic carbocycles. The van der Waals surface area contributed by atoms with Gasteiger partial charge in [0.2, 0.25) is 0 Å². The molecule has 1 heterocycles. The minimum absolute atomic E-state index is 0.0239. The molecule has 1 aromatic rings. The lowest BCUT2D eigenvalue weighted by molar-refractivity contribution is -0.141. The molecule has 1 atom stereocenters. The number of hydrogen-bond donors (Lipinski definition) is 0. The molecular formula is C17H25NO3. The van der Waals surface area contributed by atoms with E-state index in [4.69, 9.17) is 9.47 Å². The van der Waals surface area contributed by atoms with Crippen LogP contribution in [0.3, 0.4) is 0 Å². The summed E-state index contributed by atoms with van der Waals surface area (Å²) in [5.41, 5.74) is 0.905. The van der Waals surface area contributed by atoms with Gasteiger partial charge in [-0.1, -0.05) is 30.3 Å². The summed E-state index contributed by atoms with van der Waals surface area (Å²) in [6, 6.07) is 9.65. The standard InChI is InChI=1S/C17H25NO3/c1-18(11-8-14-9-12-21-13-10-14)17(19)16(20-2)15-6-4-3-5-7-15/h3-7,14,16H,8-13H2,1-2H3/t16-/m0/s1. The largest absolute Gasteiger partial charge is 0.381 e. The first-order valence-corrected chi connectivity index (χ1v) is 7.63. The Hall–Kier alpha value is -1.39. The van der Waals surface area contributed by atoms with Gasteiger partial charge < -0.3 is 14.4 Å². The van der Waals surface area contributed by atoms with Crippen molar-refractivity contribution in [3.05, 3.63) is 35.9 Å². The van der Waals surface area contributed by atoms with Gasteiger partial charge in [-0.3, -0.25) is 4.79 Å². The van der Waals surface area contributed by atoms with Crippen molar-refractivity contribution >= 4 is 5.91 Å². The van der Waals surface area contributed by atoms with Gasteiger partial charge in [0.1, 0.15) is 0 Å². The Morgan fingerprint density at radius 3 is 2.62 bits per heavy atom. The first-order chi connectivity index (χ1) is 10.2. The highest BCUT2D eigenvalue weighted by Gasteiger charge is 2.24. The summed E-state index contributed by atoms with van der Waals surface area (Å²) in [7, 11) is 3.44. The molecule has 0 spiro atoms. The second kappa shape index (κ2) is 8.15. The van der Waals surface area contributed by atoms with E-state index in [1.807, 2.05) is 37.4 Å². The number of ether oxygens (including phenoxy) is 2. The van der Waals surface area contributed by atoms with E-state index in [2.05, 4.69) is 0 Å². The van der Waals surface area contributed by atoms with Crippen LogP contribution in [0.25, 0.3) is 0 Å². The number of amides is 1. The van der Waals surface area contributed by atoms with Gasteiger partial charge in [0.15, 0.2) is 6.10 Å². The molecule has 0 aromatic heterocycles. The Kier molecular flexibility index (Phi) is 6.21. The van der Waals surface area contributed by atoms with E-state index in [1.165, 1.54) is 0 Å². The van der Waals surface area contributed by atoms with E-state index >= 15 is 0 Å². The molecular weight excluding hydrogens is 266 g/mol. The van der Waals surface area contributed by atoms with Crippen LogP contribution in [-0.4, -0.2) is 44.7 Å². The summed E-state index contributed by atoms with van der Waals surface area (Å²) in [5, 5.41) is 0. The number of rotatable bonds is 6. The summed E-state index contributed by atoms with van der Waals surface area (Å²) in [5.74, 6) is 0.697. The molecule has 2 rings (SSSR count). The van der Waals surface area contributed by atoms with Crippen LogP contribution in [-0.2, 0) is 14.3 Å². The van der Waals surface area contributed by atoms with Crippen LogP contribution in [0.2, 0.25) is 0 Å². The predicted molar refractivity (Wildman–Crippen MR) is 82.0 cm³/mol. The van der Waals surface area contributed by atoms with E-state index in [9.17, 15) is 4.79 Å². The Morgan fingerprint density at radius 2 is 2.00 bits per heavy atom. The number of benzene rings is 1. The molecule has 4 nitrogen and oxygen atoms in total. The van der Waals surface area contributed by atoms with E-state index in [0.29, 0.717) is 5.92 Å². The van der Waals surface area contributed by atoms with Gasteiger partial charge in [-0.2, -0.15) is 0 Å². The molecule has 0 aliphatic carbocycles. The van der Waals surface area contributed by atoms with Gasteiger partial charge in [-0.05, 0) is 30.7 Å². The zero-order valence-electron chi connectivity index (χ0n) is 13.0. The Bertz CT molecular complexity index is 429. The minimum atomic E-state index is -0.508. The van der Waals surface area contributed by atoms with Crippen molar-refractivity contribution in [2.45, 2.75) is 25.4 Å². The molecule has 0 saturated carbocycles. The molecule has 21 heavy (non-hydrogen) atoms. The Morgan fingerprint density at radius 1 is 1.33 bits per heavy atom. The van der Waals surface area contributed by atoms with Gasteiger partial charge in [-0.25, -0.2) is 0 Å². The third-order valence-electron chi connectivity index (χ3n) is 4.15. The third-order valence-corrected chi connectivity index (χ3v) is 4.15. The quantitative estimate of drug-likeness (QED) is 0.809. The maximum absolute atomic E-state index is 12.5. The number of nitrogens with zero attached hydrogens (tertiary/aromatic N) is 1. The van der Waals surface area contributed by atoms with Gasteiger partial charge in [0.05, 0.1) is 0 Å². The summed E-state index contributed by atoms with van der Waals surface area (Å²) in [4.78, 5) is 14.3. The molecule has 0 radical (unpaired) electrons. The zero-order chi connectivity index (χ0) is 15.1. The van der Waals surface area contributed by atoms with Crippen LogP contribution >= 0.6 is 0 Å². The van der Waals surface area contributed by atoms with Crippen molar-refractivity contribution in [3.8, 4) is 0 Å². The first-order valence-electron chi connectivity index (χ1n) is 7.63. The fraction of sp³-hybridized carbons (Fsp3) is 0.588. The molecule has 0 N–H and O–H groups in total. The lowest BCUT2D eigenvalue weighted by Gasteiger charge is -2.27. The van der Waals surface area contributed by atoms with E-state index in [1.54, 1.807) is 12.0 Å². The van der Waals surface area contributed by atoms with E-state index in [-0.39, 0.29) is 5.91 Å². The minimum Gasteiger partial charge on any atom is -0.381 e. The van der Waals surface area contributed by atoms with Gasteiger partial charge in [0.25, 0.3) is 5.91 Å². The van der Waals surface area contributed by atoms with E-state index in [0.717, 1.165) is 44.6 Å². The average molecular weight is 291 g/mol. The fourth-order valence-electron chi connectivity index (χ4n) is 2.73. The highest BCUT2D eigenvalue weighted by molar-refractivity contribution is 5.82. The molecule has 1 aliphatic rings. The number of methoxy groups -OCH3 is 1. The Labute approximate surface area is 127 Å². The summed E-state index contributed by atoms with van der Waals surface area (Å²) >= 11 is 0. The SMILES string of the molecule is CO[C@H](C(=O)N(C)CCC1CCOCC1)c1ccccc1. The Balaban J connectivity index is 1.88. The second-order valence-corrected chi connectivity index (χ2v) is 5.63. The topological polar surface area (TPSA) is 38.8 Å². The van der Waals surface area contributed by atoms with Crippen LogP contribution in [0, 0.1) is 5.92 Å². The highest BCUT2D eigenvalue weighted by Crippen LogP contribution is 2.21. The van der Waals surface area contributed by atoms with Crippen LogP contribution < -0.4 is 0 Å². The zero-order valence-corrected chi connectivity index (χ0v) is 13.0.